The van der Waals surface area contributed by atoms with E-state index in [-0.39, 0.29) is 18.5 Å². The van der Waals surface area contributed by atoms with Gasteiger partial charge in [-0.25, -0.2) is 4.39 Å². The molecule has 0 amide bonds. The molecule has 4 nitrogen and oxygen atoms in total. The summed E-state index contributed by atoms with van der Waals surface area (Å²) >= 11 is 0. The molecule has 0 radical (unpaired) electrons. The monoisotopic (exact) mass is 240 g/mol. The number of benzene rings is 1. The number of rotatable bonds is 2. The van der Waals surface area contributed by atoms with E-state index in [4.69, 9.17) is 10.5 Å². The van der Waals surface area contributed by atoms with Gasteiger partial charge in [0.05, 0.1) is 37.2 Å². The molecule has 1 aliphatic heterocycles. The van der Waals surface area contributed by atoms with E-state index in [9.17, 15) is 9.50 Å². The molecule has 1 aliphatic rings. The van der Waals surface area contributed by atoms with Gasteiger partial charge in [-0.3, -0.25) is 0 Å². The van der Waals surface area contributed by atoms with Crippen molar-refractivity contribution in [3.8, 4) is 0 Å². The third-order valence-corrected chi connectivity index (χ3v) is 3.06. The van der Waals surface area contributed by atoms with Crippen molar-refractivity contribution in [1.82, 2.24) is 0 Å². The fourth-order valence-electron chi connectivity index (χ4n) is 2.05. The van der Waals surface area contributed by atoms with Gasteiger partial charge in [0.25, 0.3) is 0 Å². The van der Waals surface area contributed by atoms with Crippen molar-refractivity contribution in [2.45, 2.75) is 13.0 Å². The number of anilines is 2. The number of nitrogen functional groups attached to an aromatic ring is 1. The maximum absolute atomic E-state index is 13.3. The molecule has 0 aromatic heterocycles. The summed E-state index contributed by atoms with van der Waals surface area (Å²) in [6.07, 6.45) is 0. The van der Waals surface area contributed by atoms with Crippen LogP contribution in [0, 0.1) is 12.7 Å². The molecule has 17 heavy (non-hydrogen) atoms. The van der Waals surface area contributed by atoms with Crippen LogP contribution in [0.3, 0.4) is 0 Å². The lowest BCUT2D eigenvalue weighted by molar-refractivity contribution is 0.0728. The quantitative estimate of drug-likeness (QED) is 0.754. The van der Waals surface area contributed by atoms with E-state index in [1.54, 1.807) is 13.0 Å². The van der Waals surface area contributed by atoms with Crippen LogP contribution in [0.4, 0.5) is 15.8 Å². The van der Waals surface area contributed by atoms with Crippen molar-refractivity contribution in [3.05, 3.63) is 23.5 Å². The summed E-state index contributed by atoms with van der Waals surface area (Å²) in [4.78, 5) is 1.98. The van der Waals surface area contributed by atoms with Crippen LogP contribution in [0.5, 0.6) is 0 Å². The predicted molar refractivity (Wildman–Crippen MR) is 64.6 cm³/mol. The molecular weight excluding hydrogens is 223 g/mol. The summed E-state index contributed by atoms with van der Waals surface area (Å²) in [6, 6.07) is 2.93. The SMILES string of the molecule is Cc1cc(N2CCOCC2CO)c(N)cc1F. The second kappa shape index (κ2) is 4.89. The van der Waals surface area contributed by atoms with E-state index >= 15 is 0 Å². The van der Waals surface area contributed by atoms with Crippen LogP contribution >= 0.6 is 0 Å². The van der Waals surface area contributed by atoms with Gasteiger partial charge >= 0.3 is 0 Å². The van der Waals surface area contributed by atoms with E-state index in [0.29, 0.717) is 31.0 Å². The van der Waals surface area contributed by atoms with Crippen LogP contribution in [0.15, 0.2) is 12.1 Å². The van der Waals surface area contributed by atoms with Crippen LogP contribution in [-0.2, 0) is 4.74 Å². The number of aryl methyl sites for hydroxylation is 1. The molecule has 1 aromatic rings. The first-order valence-electron chi connectivity index (χ1n) is 5.64. The number of morpholine rings is 1. The highest BCUT2D eigenvalue weighted by molar-refractivity contribution is 5.69. The third-order valence-electron chi connectivity index (χ3n) is 3.06. The van der Waals surface area contributed by atoms with E-state index in [1.165, 1.54) is 6.07 Å². The molecule has 1 atom stereocenters. The second-order valence-corrected chi connectivity index (χ2v) is 4.26. The summed E-state index contributed by atoms with van der Waals surface area (Å²) in [5, 5.41) is 9.30. The Morgan fingerprint density at radius 3 is 3.06 bits per heavy atom. The molecule has 3 N–H and O–H groups in total. The van der Waals surface area contributed by atoms with Crippen molar-refractivity contribution in [3.63, 3.8) is 0 Å². The molecule has 1 saturated heterocycles. The molecule has 0 bridgehead atoms. The van der Waals surface area contributed by atoms with E-state index in [0.717, 1.165) is 5.69 Å². The zero-order chi connectivity index (χ0) is 12.4. The topological polar surface area (TPSA) is 58.7 Å². The normalized spacial score (nSPS) is 20.6. The number of aliphatic hydroxyl groups is 1. The fraction of sp³-hybridized carbons (Fsp3) is 0.500. The second-order valence-electron chi connectivity index (χ2n) is 4.26. The standard InChI is InChI=1S/C12H17FN2O2/c1-8-4-12(11(14)5-10(8)13)15-2-3-17-7-9(15)6-16/h4-5,9,16H,2-3,6-7,14H2,1H3. The molecule has 0 aliphatic carbocycles. The maximum atomic E-state index is 13.3. The van der Waals surface area contributed by atoms with E-state index in [2.05, 4.69) is 0 Å². The number of hydrogen-bond acceptors (Lipinski definition) is 4. The molecular formula is C12H17FN2O2. The number of ether oxygens (including phenoxy) is 1. The summed E-state index contributed by atoms with van der Waals surface area (Å²) in [5.74, 6) is -0.306. The zero-order valence-electron chi connectivity index (χ0n) is 9.82. The van der Waals surface area contributed by atoms with Crippen LogP contribution in [0.2, 0.25) is 0 Å². The van der Waals surface area contributed by atoms with Gasteiger partial charge in [0.15, 0.2) is 0 Å². The number of hydrogen-bond donors (Lipinski definition) is 2. The minimum absolute atomic E-state index is 0.00410. The summed E-state index contributed by atoms with van der Waals surface area (Å²) in [5.41, 5.74) is 7.55. The predicted octanol–water partition coefficient (Wildman–Crippen LogP) is 0.914. The first-order chi connectivity index (χ1) is 8.13. The van der Waals surface area contributed by atoms with Crippen molar-refractivity contribution in [1.29, 1.82) is 0 Å². The summed E-state index contributed by atoms with van der Waals surface area (Å²) in [6.45, 7) is 3.40. The van der Waals surface area contributed by atoms with Crippen LogP contribution in [0.1, 0.15) is 5.56 Å². The lowest BCUT2D eigenvalue weighted by atomic mass is 10.1. The Kier molecular flexibility index (Phi) is 3.49. The molecule has 1 aromatic carbocycles. The lowest BCUT2D eigenvalue weighted by Crippen LogP contribution is -2.48. The Balaban J connectivity index is 2.34. The van der Waals surface area contributed by atoms with Gasteiger partial charge in [0, 0.05) is 6.54 Å². The minimum atomic E-state index is -0.306. The number of halogens is 1. The van der Waals surface area contributed by atoms with Crippen molar-refractivity contribution in [2.75, 3.05) is 37.0 Å². The number of nitrogens with zero attached hydrogens (tertiary/aromatic N) is 1. The Morgan fingerprint density at radius 1 is 1.59 bits per heavy atom. The zero-order valence-corrected chi connectivity index (χ0v) is 9.82. The summed E-state index contributed by atoms with van der Waals surface area (Å²) in [7, 11) is 0. The molecule has 1 unspecified atom stereocenters. The first-order valence-corrected chi connectivity index (χ1v) is 5.64. The first kappa shape index (κ1) is 12.1. The van der Waals surface area contributed by atoms with Gasteiger partial charge in [-0.15, -0.1) is 0 Å². The van der Waals surface area contributed by atoms with Crippen LogP contribution in [0.25, 0.3) is 0 Å². The van der Waals surface area contributed by atoms with Crippen LogP contribution in [-0.4, -0.2) is 37.5 Å². The van der Waals surface area contributed by atoms with Gasteiger partial charge in [-0.1, -0.05) is 0 Å². The minimum Gasteiger partial charge on any atom is -0.397 e. The molecule has 1 fully saturated rings. The molecule has 0 spiro atoms. The van der Waals surface area contributed by atoms with Gasteiger partial charge in [0.2, 0.25) is 0 Å². The maximum Gasteiger partial charge on any atom is 0.128 e. The Labute approximate surface area is 99.8 Å². The molecule has 5 heteroatoms. The highest BCUT2D eigenvalue weighted by Crippen LogP contribution is 2.29. The molecule has 1 heterocycles. The number of nitrogens with two attached hydrogens (primary N) is 1. The molecule has 0 saturated carbocycles. The van der Waals surface area contributed by atoms with Gasteiger partial charge < -0.3 is 20.5 Å². The summed E-state index contributed by atoms with van der Waals surface area (Å²) < 4.78 is 18.6. The van der Waals surface area contributed by atoms with Crippen molar-refractivity contribution >= 4 is 11.4 Å². The average Bonchev–Trinajstić information content (AvgIpc) is 2.34. The number of aliphatic hydroxyl groups excluding tert-OH is 1. The van der Waals surface area contributed by atoms with Crippen molar-refractivity contribution in [2.24, 2.45) is 0 Å². The van der Waals surface area contributed by atoms with E-state index < -0.39 is 0 Å². The van der Waals surface area contributed by atoms with Crippen LogP contribution < -0.4 is 10.6 Å². The lowest BCUT2D eigenvalue weighted by Gasteiger charge is -2.37. The van der Waals surface area contributed by atoms with E-state index in [1.807, 2.05) is 4.90 Å². The Bertz CT molecular complexity index is 412. The van der Waals surface area contributed by atoms with Gasteiger partial charge in [-0.05, 0) is 24.6 Å². The highest BCUT2D eigenvalue weighted by Gasteiger charge is 2.24. The Hall–Kier alpha value is -1.33. The average molecular weight is 240 g/mol. The Morgan fingerprint density at radius 2 is 2.35 bits per heavy atom. The smallest absolute Gasteiger partial charge is 0.128 e. The molecule has 2 rings (SSSR count). The highest BCUT2D eigenvalue weighted by atomic mass is 19.1. The largest absolute Gasteiger partial charge is 0.397 e. The van der Waals surface area contributed by atoms with Gasteiger partial charge in [0.1, 0.15) is 5.82 Å². The molecule has 94 valence electrons. The third kappa shape index (κ3) is 2.35. The van der Waals surface area contributed by atoms with Crippen molar-refractivity contribution < 1.29 is 14.2 Å². The fourth-order valence-corrected chi connectivity index (χ4v) is 2.05. The van der Waals surface area contributed by atoms with Gasteiger partial charge in [-0.2, -0.15) is 0 Å².